The van der Waals surface area contributed by atoms with Crippen molar-refractivity contribution in [3.8, 4) is 0 Å². The number of aromatic nitrogens is 2. The average Bonchev–Trinajstić information content (AvgIpc) is 3.24. The van der Waals surface area contributed by atoms with E-state index in [0.29, 0.717) is 28.6 Å². The third kappa shape index (κ3) is 2.60. The van der Waals surface area contributed by atoms with Gasteiger partial charge in [-0.1, -0.05) is 0 Å². The van der Waals surface area contributed by atoms with Crippen molar-refractivity contribution in [3.05, 3.63) is 70.4 Å². The van der Waals surface area contributed by atoms with Gasteiger partial charge in [0.15, 0.2) is 0 Å². The number of carbonyl (C=O) groups excluding carboxylic acids is 1. The van der Waals surface area contributed by atoms with Crippen LogP contribution in [0.15, 0.2) is 32.5 Å². The molecule has 0 spiro atoms. The standard InChI is InChI=1S/C16H12N4O5S/c21-14(7-1-2-26-6-7)17-8-3-9-10(4-8)13-11(5-12(9)20(24)25)18-15(22)16(23)19-13/h1-2,5-6,8H,3-4H2,(H,17,21)(H,18,22)(H,19,23). The third-order valence-electron chi connectivity index (χ3n) is 4.43. The summed E-state index contributed by atoms with van der Waals surface area (Å²) in [4.78, 5) is 51.2. The van der Waals surface area contributed by atoms with E-state index in [-0.39, 0.29) is 29.6 Å². The predicted octanol–water partition coefficient (Wildman–Crippen LogP) is 1.08. The number of aromatic amines is 2. The molecule has 9 nitrogen and oxygen atoms in total. The Bertz CT molecular complexity index is 1160. The molecule has 0 saturated heterocycles. The SMILES string of the molecule is O=C(NC1Cc2c([N+](=O)[O-])cc3[nH]c(=O)c(=O)[nH]c3c2C1)c1ccsc1. The van der Waals surface area contributed by atoms with Crippen molar-refractivity contribution in [3.63, 3.8) is 0 Å². The van der Waals surface area contributed by atoms with E-state index in [9.17, 15) is 24.5 Å². The zero-order valence-electron chi connectivity index (χ0n) is 13.2. The Labute approximate surface area is 148 Å². The largest absolute Gasteiger partial charge is 0.349 e. The van der Waals surface area contributed by atoms with Crippen LogP contribution in [0.5, 0.6) is 0 Å². The fourth-order valence-corrected chi connectivity index (χ4v) is 3.94. The van der Waals surface area contributed by atoms with Crippen LogP contribution in [-0.2, 0) is 12.8 Å². The van der Waals surface area contributed by atoms with Gasteiger partial charge in [0.2, 0.25) is 0 Å². The van der Waals surface area contributed by atoms with Crippen molar-refractivity contribution >= 4 is 34.0 Å². The van der Waals surface area contributed by atoms with E-state index in [1.54, 1.807) is 16.8 Å². The normalized spacial score (nSPS) is 15.8. The molecule has 1 amide bonds. The Morgan fingerprint density at radius 1 is 1.23 bits per heavy atom. The van der Waals surface area contributed by atoms with Gasteiger partial charge in [-0.25, -0.2) is 0 Å². The molecule has 1 aromatic carbocycles. The van der Waals surface area contributed by atoms with E-state index in [1.165, 1.54) is 17.4 Å². The van der Waals surface area contributed by atoms with Crippen LogP contribution in [0.2, 0.25) is 0 Å². The number of rotatable bonds is 3. The van der Waals surface area contributed by atoms with Gasteiger partial charge >= 0.3 is 11.1 Å². The van der Waals surface area contributed by atoms with E-state index in [4.69, 9.17) is 0 Å². The number of benzene rings is 1. The predicted molar refractivity (Wildman–Crippen MR) is 94.8 cm³/mol. The molecule has 26 heavy (non-hydrogen) atoms. The van der Waals surface area contributed by atoms with E-state index in [0.717, 1.165) is 0 Å². The second-order valence-corrected chi connectivity index (χ2v) is 6.81. The molecule has 2 heterocycles. The zero-order chi connectivity index (χ0) is 18.4. The Morgan fingerprint density at radius 2 is 1.96 bits per heavy atom. The van der Waals surface area contributed by atoms with E-state index in [1.807, 2.05) is 0 Å². The van der Waals surface area contributed by atoms with Gasteiger partial charge in [-0.05, 0) is 23.4 Å². The lowest BCUT2D eigenvalue weighted by atomic mass is 10.1. The summed E-state index contributed by atoms with van der Waals surface area (Å²) in [5, 5.41) is 17.8. The van der Waals surface area contributed by atoms with Gasteiger partial charge in [0.1, 0.15) is 0 Å². The van der Waals surface area contributed by atoms with Crippen LogP contribution >= 0.6 is 11.3 Å². The molecule has 0 bridgehead atoms. The number of carbonyl (C=O) groups is 1. The highest BCUT2D eigenvalue weighted by Gasteiger charge is 2.32. The van der Waals surface area contributed by atoms with Crippen molar-refractivity contribution in [2.24, 2.45) is 0 Å². The summed E-state index contributed by atoms with van der Waals surface area (Å²) >= 11 is 1.40. The maximum atomic E-state index is 12.3. The second kappa shape index (κ2) is 5.92. The van der Waals surface area contributed by atoms with Crippen LogP contribution in [0.3, 0.4) is 0 Å². The van der Waals surface area contributed by atoms with Gasteiger partial charge in [-0.15, -0.1) is 0 Å². The van der Waals surface area contributed by atoms with Gasteiger partial charge < -0.3 is 15.3 Å². The maximum absolute atomic E-state index is 12.3. The van der Waals surface area contributed by atoms with E-state index < -0.39 is 16.0 Å². The first-order valence-corrected chi connectivity index (χ1v) is 8.67. The summed E-state index contributed by atoms with van der Waals surface area (Å²) in [5.41, 5.74) is 0.295. The van der Waals surface area contributed by atoms with Crippen LogP contribution in [-0.4, -0.2) is 26.8 Å². The highest BCUT2D eigenvalue weighted by Crippen LogP contribution is 2.35. The van der Waals surface area contributed by atoms with Gasteiger partial charge in [-0.2, -0.15) is 11.3 Å². The highest BCUT2D eigenvalue weighted by atomic mass is 32.1. The number of nitro groups is 1. The lowest BCUT2D eigenvalue weighted by molar-refractivity contribution is -0.385. The quantitative estimate of drug-likeness (QED) is 0.359. The molecule has 0 saturated carbocycles. The van der Waals surface area contributed by atoms with Crippen molar-refractivity contribution in [1.29, 1.82) is 0 Å². The number of nitrogens with one attached hydrogen (secondary N) is 3. The molecule has 132 valence electrons. The summed E-state index contributed by atoms with van der Waals surface area (Å²) in [6.07, 6.45) is 0.601. The van der Waals surface area contributed by atoms with Gasteiger partial charge in [0, 0.05) is 35.0 Å². The first-order chi connectivity index (χ1) is 12.4. The highest BCUT2D eigenvalue weighted by molar-refractivity contribution is 7.08. The van der Waals surface area contributed by atoms with Crippen LogP contribution in [0.25, 0.3) is 11.0 Å². The number of amides is 1. The Hall–Kier alpha value is -3.27. The zero-order valence-corrected chi connectivity index (χ0v) is 14.0. The minimum absolute atomic E-state index is 0.137. The van der Waals surface area contributed by atoms with Crippen LogP contribution < -0.4 is 16.4 Å². The Morgan fingerprint density at radius 3 is 2.65 bits per heavy atom. The molecule has 3 aromatic rings. The monoisotopic (exact) mass is 372 g/mol. The topological polar surface area (TPSA) is 138 Å². The van der Waals surface area contributed by atoms with E-state index in [2.05, 4.69) is 15.3 Å². The van der Waals surface area contributed by atoms with Crippen molar-refractivity contribution < 1.29 is 9.72 Å². The number of nitro benzene ring substituents is 1. The van der Waals surface area contributed by atoms with Crippen LogP contribution in [0.1, 0.15) is 21.5 Å². The average molecular weight is 372 g/mol. The first kappa shape index (κ1) is 16.2. The number of fused-ring (bicyclic) bond motifs is 3. The smallest absolute Gasteiger partial charge is 0.314 e. The molecular weight excluding hydrogens is 360 g/mol. The van der Waals surface area contributed by atoms with Gasteiger partial charge in [0.25, 0.3) is 11.6 Å². The van der Waals surface area contributed by atoms with Crippen LogP contribution in [0, 0.1) is 10.1 Å². The van der Waals surface area contributed by atoms with Crippen molar-refractivity contribution in [2.75, 3.05) is 0 Å². The van der Waals surface area contributed by atoms with Gasteiger partial charge in [0.05, 0.1) is 16.0 Å². The summed E-state index contributed by atoms with van der Waals surface area (Å²) in [6.45, 7) is 0. The number of hydrogen-bond donors (Lipinski definition) is 3. The lowest BCUT2D eigenvalue weighted by Gasteiger charge is -2.10. The molecular formula is C16H12N4O5S. The third-order valence-corrected chi connectivity index (χ3v) is 5.12. The number of thiophene rings is 1. The summed E-state index contributed by atoms with van der Waals surface area (Å²) in [6, 6.07) is 2.61. The molecule has 1 atom stereocenters. The molecule has 0 radical (unpaired) electrons. The number of hydrogen-bond acceptors (Lipinski definition) is 6. The molecule has 4 rings (SSSR count). The Balaban J connectivity index is 1.77. The molecule has 0 fully saturated rings. The minimum Gasteiger partial charge on any atom is -0.349 e. The fourth-order valence-electron chi connectivity index (χ4n) is 3.30. The molecule has 2 aromatic heterocycles. The molecule has 0 aliphatic heterocycles. The first-order valence-electron chi connectivity index (χ1n) is 7.72. The number of H-pyrrole nitrogens is 2. The molecule has 1 aliphatic rings. The van der Waals surface area contributed by atoms with Crippen LogP contribution in [0.4, 0.5) is 5.69 Å². The minimum atomic E-state index is -0.868. The summed E-state index contributed by atoms with van der Waals surface area (Å²) in [5.74, 6) is -0.252. The Kier molecular flexibility index (Phi) is 3.69. The fraction of sp³-hybridized carbons (Fsp3) is 0.188. The molecule has 1 aliphatic carbocycles. The summed E-state index contributed by atoms with van der Waals surface area (Å²) < 4.78 is 0. The second-order valence-electron chi connectivity index (χ2n) is 6.03. The van der Waals surface area contributed by atoms with Gasteiger partial charge in [-0.3, -0.25) is 24.5 Å². The molecule has 1 unspecified atom stereocenters. The molecule has 3 N–H and O–H groups in total. The maximum Gasteiger partial charge on any atom is 0.314 e. The lowest BCUT2D eigenvalue weighted by Crippen LogP contribution is -2.35. The van der Waals surface area contributed by atoms with Crippen molar-refractivity contribution in [2.45, 2.75) is 18.9 Å². The van der Waals surface area contributed by atoms with E-state index >= 15 is 0 Å². The molecule has 10 heteroatoms. The summed E-state index contributed by atoms with van der Waals surface area (Å²) in [7, 11) is 0. The van der Waals surface area contributed by atoms with Crippen molar-refractivity contribution in [1.82, 2.24) is 15.3 Å². The number of nitrogens with zero attached hydrogens (tertiary/aromatic N) is 1.